The van der Waals surface area contributed by atoms with Crippen molar-refractivity contribution in [3.8, 4) is 5.75 Å². The molecule has 0 heterocycles. The largest absolute Gasteiger partial charge is 0.493 e. The molecule has 6 nitrogen and oxygen atoms in total. The number of nitrogens with zero attached hydrogens (tertiary/aromatic N) is 1. The summed E-state index contributed by atoms with van der Waals surface area (Å²) in [4.78, 5) is 25.4. The second kappa shape index (κ2) is 7.37. The second-order valence-electron chi connectivity index (χ2n) is 4.15. The maximum absolute atomic E-state index is 12.5. The highest BCUT2D eigenvalue weighted by Crippen LogP contribution is 2.26. The zero-order chi connectivity index (χ0) is 15.1. The molecule has 1 aromatic rings. The van der Waals surface area contributed by atoms with E-state index in [-0.39, 0.29) is 18.4 Å². The van der Waals surface area contributed by atoms with Crippen LogP contribution in [0.3, 0.4) is 0 Å². The summed E-state index contributed by atoms with van der Waals surface area (Å²) < 4.78 is 5.44. The number of hydrogen-bond acceptors (Lipinski definition) is 4. The van der Waals surface area contributed by atoms with Crippen LogP contribution in [0, 0.1) is 0 Å². The van der Waals surface area contributed by atoms with Gasteiger partial charge in [-0.25, -0.2) is 0 Å². The van der Waals surface area contributed by atoms with Gasteiger partial charge in [-0.15, -0.1) is 0 Å². The zero-order valence-electron chi connectivity index (χ0n) is 12.1. The minimum atomic E-state index is -0.308. The van der Waals surface area contributed by atoms with Gasteiger partial charge in [-0.05, 0) is 26.0 Å². The van der Waals surface area contributed by atoms with Gasteiger partial charge in [0.2, 0.25) is 5.91 Å². The van der Waals surface area contributed by atoms with Crippen LogP contribution in [-0.4, -0.2) is 43.5 Å². The highest BCUT2D eigenvalue weighted by molar-refractivity contribution is 6.03. The number of nitrogen functional groups attached to an aromatic ring is 1. The fourth-order valence-corrected chi connectivity index (χ4v) is 1.79. The lowest BCUT2D eigenvalue weighted by atomic mass is 10.1. The first-order chi connectivity index (χ1) is 9.54. The quantitative estimate of drug-likeness (QED) is 0.757. The molecule has 0 atom stereocenters. The van der Waals surface area contributed by atoms with E-state index in [4.69, 9.17) is 10.5 Å². The van der Waals surface area contributed by atoms with E-state index >= 15 is 0 Å². The summed E-state index contributed by atoms with van der Waals surface area (Å²) in [6, 6.07) is 5.07. The molecule has 0 unspecified atom stereocenters. The Morgan fingerprint density at radius 2 is 2.05 bits per heavy atom. The van der Waals surface area contributed by atoms with Crippen molar-refractivity contribution in [3.05, 3.63) is 23.8 Å². The number of ether oxygens (including phenoxy) is 1. The Labute approximate surface area is 118 Å². The number of carbonyl (C=O) groups excluding carboxylic acids is 2. The first kappa shape index (κ1) is 15.8. The monoisotopic (exact) mass is 279 g/mol. The Kier molecular flexibility index (Phi) is 5.83. The van der Waals surface area contributed by atoms with Crippen molar-refractivity contribution >= 4 is 17.5 Å². The predicted octanol–water partition coefficient (Wildman–Crippen LogP) is 0.876. The van der Waals surface area contributed by atoms with Crippen LogP contribution in [0.5, 0.6) is 5.75 Å². The number of nitrogens with one attached hydrogen (secondary N) is 1. The Morgan fingerprint density at radius 1 is 1.35 bits per heavy atom. The predicted molar refractivity (Wildman–Crippen MR) is 77.7 cm³/mol. The normalized spacial score (nSPS) is 9.95. The third kappa shape index (κ3) is 3.63. The highest BCUT2D eigenvalue weighted by Gasteiger charge is 2.22. The molecule has 110 valence electrons. The maximum atomic E-state index is 12.5. The van der Waals surface area contributed by atoms with Crippen LogP contribution < -0.4 is 15.8 Å². The molecule has 0 fully saturated rings. The SMILES string of the molecule is CCOc1cccc(N)c1C(=O)N(CC)CC(=O)NC. The van der Waals surface area contributed by atoms with E-state index < -0.39 is 0 Å². The van der Waals surface area contributed by atoms with Crippen LogP contribution in [0.2, 0.25) is 0 Å². The average molecular weight is 279 g/mol. The lowest BCUT2D eigenvalue weighted by molar-refractivity contribution is -0.121. The molecule has 2 amide bonds. The first-order valence-electron chi connectivity index (χ1n) is 6.56. The molecule has 0 saturated carbocycles. The molecule has 0 aliphatic heterocycles. The van der Waals surface area contributed by atoms with E-state index in [9.17, 15) is 9.59 Å². The van der Waals surface area contributed by atoms with Crippen molar-refractivity contribution < 1.29 is 14.3 Å². The van der Waals surface area contributed by atoms with Gasteiger partial charge in [-0.1, -0.05) is 6.07 Å². The van der Waals surface area contributed by atoms with Gasteiger partial charge < -0.3 is 20.7 Å². The minimum absolute atomic E-state index is 0.00820. The lowest BCUT2D eigenvalue weighted by Crippen LogP contribution is -2.39. The average Bonchev–Trinajstić information content (AvgIpc) is 2.44. The van der Waals surface area contributed by atoms with Crippen molar-refractivity contribution in [3.63, 3.8) is 0 Å². The molecular formula is C14H21N3O3. The van der Waals surface area contributed by atoms with Crippen LogP contribution in [0.1, 0.15) is 24.2 Å². The Morgan fingerprint density at radius 3 is 2.60 bits per heavy atom. The standard InChI is InChI=1S/C14H21N3O3/c1-4-17(9-12(18)16-3)14(19)13-10(15)7-6-8-11(13)20-5-2/h6-8H,4-5,9,15H2,1-3H3,(H,16,18). The number of benzene rings is 1. The van der Waals surface area contributed by atoms with Crippen LogP contribution in [-0.2, 0) is 4.79 Å². The summed E-state index contributed by atoms with van der Waals surface area (Å²) in [5, 5.41) is 2.50. The molecule has 3 N–H and O–H groups in total. The molecular weight excluding hydrogens is 258 g/mol. The van der Waals surface area contributed by atoms with E-state index in [0.717, 1.165) is 0 Å². The van der Waals surface area contributed by atoms with Crippen LogP contribution in [0.4, 0.5) is 5.69 Å². The summed E-state index contributed by atoms with van der Waals surface area (Å²) in [6.07, 6.45) is 0. The number of hydrogen-bond donors (Lipinski definition) is 2. The fourth-order valence-electron chi connectivity index (χ4n) is 1.79. The Bertz CT molecular complexity index is 489. The number of carbonyl (C=O) groups is 2. The molecule has 0 aromatic heterocycles. The number of amides is 2. The fraction of sp³-hybridized carbons (Fsp3) is 0.429. The van der Waals surface area contributed by atoms with Crippen molar-refractivity contribution in [1.82, 2.24) is 10.2 Å². The first-order valence-corrected chi connectivity index (χ1v) is 6.56. The second-order valence-corrected chi connectivity index (χ2v) is 4.15. The van der Waals surface area contributed by atoms with Gasteiger partial charge in [-0.2, -0.15) is 0 Å². The number of anilines is 1. The topological polar surface area (TPSA) is 84.7 Å². The molecule has 0 saturated heterocycles. The smallest absolute Gasteiger partial charge is 0.260 e. The molecule has 6 heteroatoms. The molecule has 1 rings (SSSR count). The lowest BCUT2D eigenvalue weighted by Gasteiger charge is -2.22. The third-order valence-electron chi connectivity index (χ3n) is 2.85. The third-order valence-corrected chi connectivity index (χ3v) is 2.85. The number of likely N-dealkylation sites (N-methyl/N-ethyl adjacent to an activating group) is 2. The van der Waals surface area contributed by atoms with E-state index in [0.29, 0.717) is 30.2 Å². The summed E-state index contributed by atoms with van der Waals surface area (Å²) in [6.45, 7) is 4.48. The van der Waals surface area contributed by atoms with Crippen molar-refractivity contribution in [1.29, 1.82) is 0 Å². The Hall–Kier alpha value is -2.24. The van der Waals surface area contributed by atoms with Crippen molar-refractivity contribution in [2.75, 3.05) is 32.5 Å². The molecule has 1 aromatic carbocycles. The van der Waals surface area contributed by atoms with E-state index in [2.05, 4.69) is 5.32 Å². The zero-order valence-corrected chi connectivity index (χ0v) is 12.1. The highest BCUT2D eigenvalue weighted by atomic mass is 16.5. The minimum Gasteiger partial charge on any atom is -0.493 e. The summed E-state index contributed by atoms with van der Waals surface area (Å²) >= 11 is 0. The van der Waals surface area contributed by atoms with Crippen LogP contribution in [0.25, 0.3) is 0 Å². The Balaban J connectivity index is 3.08. The van der Waals surface area contributed by atoms with Gasteiger partial charge in [0.15, 0.2) is 0 Å². The van der Waals surface area contributed by atoms with E-state index in [1.54, 1.807) is 25.1 Å². The maximum Gasteiger partial charge on any atom is 0.260 e. The van der Waals surface area contributed by atoms with Gasteiger partial charge in [0.05, 0.1) is 13.2 Å². The molecule has 20 heavy (non-hydrogen) atoms. The van der Waals surface area contributed by atoms with Crippen LogP contribution >= 0.6 is 0 Å². The van der Waals surface area contributed by atoms with Crippen LogP contribution in [0.15, 0.2) is 18.2 Å². The number of rotatable bonds is 6. The van der Waals surface area contributed by atoms with Crippen molar-refractivity contribution in [2.24, 2.45) is 0 Å². The number of nitrogens with two attached hydrogens (primary N) is 1. The van der Waals surface area contributed by atoms with E-state index in [1.807, 2.05) is 6.92 Å². The van der Waals surface area contributed by atoms with Gasteiger partial charge in [0, 0.05) is 19.3 Å². The summed E-state index contributed by atoms with van der Waals surface area (Å²) in [5.41, 5.74) is 6.53. The molecule has 0 radical (unpaired) electrons. The molecule has 0 aliphatic carbocycles. The molecule has 0 bridgehead atoms. The molecule has 0 aliphatic rings. The van der Waals surface area contributed by atoms with Crippen molar-refractivity contribution in [2.45, 2.75) is 13.8 Å². The summed E-state index contributed by atoms with van der Waals surface area (Å²) in [5.74, 6) is -0.0989. The van der Waals surface area contributed by atoms with Gasteiger partial charge >= 0.3 is 0 Å². The van der Waals surface area contributed by atoms with Gasteiger partial charge in [0.1, 0.15) is 11.3 Å². The molecule has 0 spiro atoms. The van der Waals surface area contributed by atoms with E-state index in [1.165, 1.54) is 11.9 Å². The summed E-state index contributed by atoms with van der Waals surface area (Å²) in [7, 11) is 1.53. The van der Waals surface area contributed by atoms with Gasteiger partial charge in [-0.3, -0.25) is 9.59 Å². The van der Waals surface area contributed by atoms with Gasteiger partial charge in [0.25, 0.3) is 5.91 Å².